The molecule has 1 aromatic rings. The topological polar surface area (TPSA) is 29.9 Å². The van der Waals surface area contributed by atoms with E-state index in [4.69, 9.17) is 0 Å². The Balaban J connectivity index is 2.35. The van der Waals surface area contributed by atoms with E-state index in [9.17, 15) is 0 Å². The van der Waals surface area contributed by atoms with Crippen LogP contribution in [-0.4, -0.2) is 16.8 Å². The van der Waals surface area contributed by atoms with Crippen molar-refractivity contribution in [3.8, 4) is 0 Å². The lowest BCUT2D eigenvalue weighted by molar-refractivity contribution is 0.228. The van der Waals surface area contributed by atoms with Gasteiger partial charge in [0.2, 0.25) is 0 Å². The molecule has 3 heteroatoms. The summed E-state index contributed by atoms with van der Waals surface area (Å²) in [6, 6.07) is 3.11. The van der Waals surface area contributed by atoms with Crippen LogP contribution in [0.25, 0.3) is 0 Å². The van der Waals surface area contributed by atoms with Gasteiger partial charge in [-0.15, -0.1) is 0 Å². The van der Waals surface area contributed by atoms with Crippen LogP contribution in [0.15, 0.2) is 12.3 Å². The summed E-state index contributed by atoms with van der Waals surface area (Å²) in [4.78, 5) is 0. The zero-order chi connectivity index (χ0) is 10.3. The zero-order valence-corrected chi connectivity index (χ0v) is 9.41. The molecule has 2 heterocycles. The van der Waals surface area contributed by atoms with Crippen molar-refractivity contribution in [2.24, 2.45) is 5.41 Å². The van der Waals surface area contributed by atoms with Gasteiger partial charge < -0.3 is 5.32 Å². The maximum atomic E-state index is 4.42. The van der Waals surface area contributed by atoms with E-state index in [1.54, 1.807) is 0 Å². The highest BCUT2D eigenvalue weighted by atomic mass is 15.3. The average Bonchev–Trinajstić information content (AvgIpc) is 2.59. The predicted octanol–water partition coefficient (Wildman–Crippen LogP) is 2.13. The molecular formula is C11H19N3. The molecular weight excluding hydrogens is 174 g/mol. The molecule has 1 unspecified atom stereocenters. The highest BCUT2D eigenvalue weighted by Crippen LogP contribution is 2.43. The summed E-state index contributed by atoms with van der Waals surface area (Å²) in [5.74, 6) is 0. The molecule has 14 heavy (non-hydrogen) atoms. The predicted molar refractivity (Wildman–Crippen MR) is 57.1 cm³/mol. The van der Waals surface area contributed by atoms with E-state index in [-0.39, 0.29) is 5.41 Å². The van der Waals surface area contributed by atoms with Crippen LogP contribution in [0.3, 0.4) is 0 Å². The molecule has 0 spiro atoms. The third-order valence-electron chi connectivity index (χ3n) is 3.16. The Hall–Kier alpha value is -0.830. The molecule has 1 aliphatic rings. The van der Waals surface area contributed by atoms with Crippen LogP contribution in [0.4, 0.5) is 0 Å². The normalized spacial score (nSPS) is 26.6. The molecule has 3 nitrogen and oxygen atoms in total. The molecule has 1 aliphatic heterocycles. The van der Waals surface area contributed by atoms with E-state index in [1.807, 2.05) is 13.2 Å². The summed E-state index contributed by atoms with van der Waals surface area (Å²) in [5.41, 5.74) is 1.61. The number of nitrogens with zero attached hydrogens (tertiary/aromatic N) is 2. The molecule has 0 saturated carbocycles. The van der Waals surface area contributed by atoms with Gasteiger partial charge in [-0.2, -0.15) is 5.10 Å². The molecule has 0 aromatic carbocycles. The monoisotopic (exact) mass is 193 g/mol. The summed E-state index contributed by atoms with van der Waals surface area (Å²) in [7, 11) is 2.02. The molecule has 78 valence electrons. The minimum atomic E-state index is 0.284. The molecule has 0 aliphatic carbocycles. The first kappa shape index (κ1) is 9.71. The van der Waals surface area contributed by atoms with E-state index in [2.05, 4.69) is 41.9 Å². The van der Waals surface area contributed by atoms with Crippen molar-refractivity contribution in [1.82, 2.24) is 15.1 Å². The number of hydrogen-bond acceptors (Lipinski definition) is 2. The van der Waals surface area contributed by atoms with Gasteiger partial charge >= 0.3 is 0 Å². The van der Waals surface area contributed by atoms with Gasteiger partial charge in [0, 0.05) is 6.20 Å². The Morgan fingerprint density at radius 1 is 1.50 bits per heavy atom. The van der Waals surface area contributed by atoms with E-state index in [0.29, 0.717) is 12.1 Å². The average molecular weight is 193 g/mol. The molecule has 2 rings (SSSR count). The Bertz CT molecular complexity index is 322. The van der Waals surface area contributed by atoms with Gasteiger partial charge in [0.1, 0.15) is 0 Å². The molecule has 1 aromatic heterocycles. The fourth-order valence-electron chi connectivity index (χ4n) is 2.29. The lowest BCUT2D eigenvalue weighted by Gasteiger charge is -2.27. The van der Waals surface area contributed by atoms with Crippen molar-refractivity contribution in [1.29, 1.82) is 0 Å². The fraction of sp³-hybridized carbons (Fsp3) is 0.727. The second kappa shape index (κ2) is 3.09. The van der Waals surface area contributed by atoms with Crippen LogP contribution in [0, 0.1) is 5.41 Å². The zero-order valence-electron chi connectivity index (χ0n) is 9.41. The van der Waals surface area contributed by atoms with E-state index >= 15 is 0 Å². The van der Waals surface area contributed by atoms with Gasteiger partial charge in [-0.1, -0.05) is 20.8 Å². The standard InChI is InChI=1S/C11H19N3/c1-11(2,3)10-7-8(12-4)9-5-6-13-14(9)10/h5-6,8,10,12H,7H2,1-4H3/t8-,10?/m1/s1. The van der Waals surface area contributed by atoms with Gasteiger partial charge in [0.15, 0.2) is 0 Å². The summed E-state index contributed by atoms with van der Waals surface area (Å²) in [6.45, 7) is 6.84. The first-order valence-electron chi connectivity index (χ1n) is 5.24. The highest BCUT2D eigenvalue weighted by Gasteiger charge is 2.37. The maximum Gasteiger partial charge on any atom is 0.0590 e. The third-order valence-corrected chi connectivity index (χ3v) is 3.16. The third kappa shape index (κ3) is 1.36. The van der Waals surface area contributed by atoms with Gasteiger partial charge in [-0.05, 0) is 24.9 Å². The van der Waals surface area contributed by atoms with E-state index in [0.717, 1.165) is 6.42 Å². The Kier molecular flexibility index (Phi) is 2.14. The maximum absolute atomic E-state index is 4.42. The lowest BCUT2D eigenvalue weighted by atomic mass is 9.85. The summed E-state index contributed by atoms with van der Waals surface area (Å²) in [5, 5.41) is 7.77. The number of nitrogens with one attached hydrogen (secondary N) is 1. The summed E-state index contributed by atoms with van der Waals surface area (Å²) in [6.07, 6.45) is 3.06. The SMILES string of the molecule is CN[C@@H]1CC(C(C)(C)C)n2nccc21. The smallest absolute Gasteiger partial charge is 0.0590 e. The lowest BCUT2D eigenvalue weighted by Crippen LogP contribution is -2.22. The van der Waals surface area contributed by atoms with Crippen LogP contribution >= 0.6 is 0 Å². The Morgan fingerprint density at radius 2 is 2.21 bits per heavy atom. The van der Waals surface area contributed by atoms with E-state index in [1.165, 1.54) is 5.69 Å². The highest BCUT2D eigenvalue weighted by molar-refractivity contribution is 5.14. The second-order valence-electron chi connectivity index (χ2n) is 5.16. The molecule has 0 bridgehead atoms. The van der Waals surface area contributed by atoms with Crippen LogP contribution in [0.5, 0.6) is 0 Å². The number of rotatable bonds is 1. The Morgan fingerprint density at radius 3 is 2.79 bits per heavy atom. The van der Waals surface area contributed by atoms with E-state index < -0.39 is 0 Å². The van der Waals surface area contributed by atoms with Crippen LogP contribution in [-0.2, 0) is 0 Å². The molecule has 1 N–H and O–H groups in total. The van der Waals surface area contributed by atoms with Crippen LogP contribution in [0.2, 0.25) is 0 Å². The quantitative estimate of drug-likeness (QED) is 0.740. The molecule has 0 amide bonds. The van der Waals surface area contributed by atoms with Gasteiger partial charge in [0.25, 0.3) is 0 Å². The minimum Gasteiger partial charge on any atom is -0.312 e. The summed E-state index contributed by atoms with van der Waals surface area (Å²) >= 11 is 0. The molecule has 0 radical (unpaired) electrons. The van der Waals surface area contributed by atoms with Crippen LogP contribution in [0.1, 0.15) is 45.0 Å². The van der Waals surface area contributed by atoms with Crippen LogP contribution < -0.4 is 5.32 Å². The molecule has 2 atom stereocenters. The number of fused-ring (bicyclic) bond motifs is 1. The first-order valence-corrected chi connectivity index (χ1v) is 5.24. The first-order chi connectivity index (χ1) is 6.54. The molecule has 0 saturated heterocycles. The van der Waals surface area contributed by atoms with Gasteiger partial charge in [0.05, 0.1) is 17.8 Å². The molecule has 0 fully saturated rings. The summed E-state index contributed by atoms with van der Waals surface area (Å²) < 4.78 is 2.18. The van der Waals surface area contributed by atoms with Crippen molar-refractivity contribution in [2.75, 3.05) is 7.05 Å². The largest absolute Gasteiger partial charge is 0.312 e. The van der Waals surface area contributed by atoms with Crippen molar-refractivity contribution in [3.05, 3.63) is 18.0 Å². The van der Waals surface area contributed by atoms with Gasteiger partial charge in [-0.25, -0.2) is 0 Å². The Labute approximate surface area is 85.5 Å². The van der Waals surface area contributed by atoms with Crippen molar-refractivity contribution in [2.45, 2.75) is 39.3 Å². The van der Waals surface area contributed by atoms with Gasteiger partial charge in [-0.3, -0.25) is 4.68 Å². The second-order valence-corrected chi connectivity index (χ2v) is 5.16. The number of hydrogen-bond donors (Lipinski definition) is 1. The minimum absolute atomic E-state index is 0.284. The number of aromatic nitrogens is 2. The van der Waals surface area contributed by atoms with Crippen molar-refractivity contribution < 1.29 is 0 Å². The fourth-order valence-corrected chi connectivity index (χ4v) is 2.29. The van der Waals surface area contributed by atoms with Crippen molar-refractivity contribution >= 4 is 0 Å². The van der Waals surface area contributed by atoms with Crippen molar-refractivity contribution in [3.63, 3.8) is 0 Å².